The molecule has 0 spiro atoms. The Balaban J connectivity index is 2.06. The summed E-state index contributed by atoms with van der Waals surface area (Å²) in [5.74, 6) is 0.142. The molecule has 2 aromatic rings. The highest BCUT2D eigenvalue weighted by molar-refractivity contribution is 8.26. The lowest BCUT2D eigenvalue weighted by atomic mass is 10.2. The van der Waals surface area contributed by atoms with Crippen molar-refractivity contribution in [3.8, 4) is 0 Å². The van der Waals surface area contributed by atoms with Gasteiger partial charge in [0.15, 0.2) is 0 Å². The van der Waals surface area contributed by atoms with Crippen LogP contribution >= 0.6 is 24.0 Å². The highest BCUT2D eigenvalue weighted by Crippen LogP contribution is 2.33. The molecule has 0 unspecified atom stereocenters. The number of hydrogen-bond donors (Lipinski definition) is 2. The van der Waals surface area contributed by atoms with Gasteiger partial charge < -0.3 is 10.4 Å². The Hall–Kier alpha value is -2.23. The molecular formula is C18H20N4O3S2. The quantitative estimate of drug-likeness (QED) is 0.540. The summed E-state index contributed by atoms with van der Waals surface area (Å²) in [4.78, 5) is 32.1. The van der Waals surface area contributed by atoms with Crippen molar-refractivity contribution >= 4 is 51.7 Å². The molecular weight excluding hydrogens is 384 g/mol. The zero-order valence-corrected chi connectivity index (χ0v) is 16.5. The number of aromatic nitrogens is 2. The maximum absolute atomic E-state index is 13.0. The lowest BCUT2D eigenvalue weighted by Crippen LogP contribution is -2.29. The highest BCUT2D eigenvalue weighted by atomic mass is 32.2. The number of nitrogens with zero attached hydrogens (tertiary/aromatic N) is 3. The third-order valence-corrected chi connectivity index (χ3v) is 5.44. The Morgan fingerprint density at radius 2 is 2.19 bits per heavy atom. The van der Waals surface area contributed by atoms with E-state index in [0.717, 1.165) is 12.8 Å². The SMILES string of the molecule is CCCCN1C(=O)/C(=C/c2c(NCCO)nc3ccccn3c2=O)SC1=S. The number of amides is 1. The number of hydrogen-bond acceptors (Lipinski definition) is 7. The number of aliphatic hydroxyl groups is 1. The molecule has 27 heavy (non-hydrogen) atoms. The molecule has 7 nitrogen and oxygen atoms in total. The maximum Gasteiger partial charge on any atom is 0.267 e. The molecule has 0 saturated carbocycles. The number of rotatable bonds is 7. The van der Waals surface area contributed by atoms with Crippen molar-refractivity contribution in [3.63, 3.8) is 0 Å². The fraction of sp³-hybridized carbons (Fsp3) is 0.333. The first-order valence-electron chi connectivity index (χ1n) is 8.68. The van der Waals surface area contributed by atoms with Crippen LogP contribution in [0.2, 0.25) is 0 Å². The minimum absolute atomic E-state index is 0.103. The van der Waals surface area contributed by atoms with Gasteiger partial charge in [-0.1, -0.05) is 43.4 Å². The fourth-order valence-electron chi connectivity index (χ4n) is 2.68. The van der Waals surface area contributed by atoms with Crippen molar-refractivity contribution in [2.24, 2.45) is 0 Å². The van der Waals surface area contributed by atoms with Crippen molar-refractivity contribution in [2.75, 3.05) is 25.0 Å². The van der Waals surface area contributed by atoms with E-state index in [-0.39, 0.29) is 30.2 Å². The van der Waals surface area contributed by atoms with E-state index in [2.05, 4.69) is 10.3 Å². The molecule has 1 saturated heterocycles. The number of carbonyl (C=O) groups is 1. The molecule has 1 fully saturated rings. The number of unbranched alkanes of at least 4 members (excludes halogenated alkanes) is 1. The molecule has 2 N–H and O–H groups in total. The minimum atomic E-state index is -0.292. The molecule has 0 aromatic carbocycles. The van der Waals surface area contributed by atoms with E-state index in [1.54, 1.807) is 35.4 Å². The lowest BCUT2D eigenvalue weighted by Gasteiger charge is -2.13. The van der Waals surface area contributed by atoms with Gasteiger partial charge in [0.05, 0.1) is 17.1 Å². The summed E-state index contributed by atoms with van der Waals surface area (Å²) >= 11 is 6.51. The molecule has 9 heteroatoms. The fourth-order valence-corrected chi connectivity index (χ4v) is 3.97. The van der Waals surface area contributed by atoms with Crippen LogP contribution in [0.1, 0.15) is 25.3 Å². The lowest BCUT2D eigenvalue weighted by molar-refractivity contribution is -0.122. The number of thiocarbonyl (C=S) groups is 1. The molecule has 0 atom stereocenters. The van der Waals surface area contributed by atoms with Gasteiger partial charge in [-0.15, -0.1) is 0 Å². The van der Waals surface area contributed by atoms with Crippen LogP contribution in [0.25, 0.3) is 11.7 Å². The Kier molecular flexibility index (Phi) is 6.25. The Morgan fingerprint density at radius 1 is 1.37 bits per heavy atom. The third-order valence-electron chi connectivity index (χ3n) is 4.06. The zero-order valence-electron chi connectivity index (χ0n) is 14.8. The molecule has 0 bridgehead atoms. The van der Waals surface area contributed by atoms with Crippen molar-refractivity contribution in [3.05, 3.63) is 45.2 Å². The van der Waals surface area contributed by atoms with Crippen LogP contribution in [0, 0.1) is 0 Å². The number of fused-ring (bicyclic) bond motifs is 1. The molecule has 3 rings (SSSR count). The van der Waals surface area contributed by atoms with Gasteiger partial charge in [-0.3, -0.25) is 18.9 Å². The van der Waals surface area contributed by atoms with E-state index in [4.69, 9.17) is 17.3 Å². The molecule has 0 aliphatic carbocycles. The van der Waals surface area contributed by atoms with Gasteiger partial charge >= 0.3 is 0 Å². The van der Waals surface area contributed by atoms with Gasteiger partial charge in [-0.2, -0.15) is 0 Å². The number of thioether (sulfide) groups is 1. The Labute approximate surface area is 166 Å². The number of anilines is 1. The predicted octanol–water partition coefficient (Wildman–Crippen LogP) is 2.10. The molecule has 1 aliphatic heterocycles. The largest absolute Gasteiger partial charge is 0.395 e. The second kappa shape index (κ2) is 8.64. The van der Waals surface area contributed by atoms with Gasteiger partial charge in [-0.05, 0) is 24.6 Å². The van der Waals surface area contributed by atoms with Gasteiger partial charge in [-0.25, -0.2) is 4.98 Å². The standard InChI is InChI=1S/C18H20N4O3S2/c1-2-3-8-22-17(25)13(27-18(22)26)11-12-15(19-7-10-23)20-14-6-4-5-9-21(14)16(12)24/h4-6,9,11,19,23H,2-3,7-8,10H2,1H3/b13-11-. The van der Waals surface area contributed by atoms with Crippen molar-refractivity contribution < 1.29 is 9.90 Å². The summed E-state index contributed by atoms with van der Waals surface area (Å²) in [5.41, 5.74) is 0.457. The van der Waals surface area contributed by atoms with Gasteiger partial charge in [0.1, 0.15) is 15.8 Å². The summed E-state index contributed by atoms with van der Waals surface area (Å²) < 4.78 is 1.92. The van der Waals surface area contributed by atoms with Gasteiger partial charge in [0.2, 0.25) is 0 Å². The van der Waals surface area contributed by atoms with E-state index < -0.39 is 0 Å². The summed E-state index contributed by atoms with van der Waals surface area (Å²) in [6, 6.07) is 5.25. The van der Waals surface area contributed by atoms with E-state index in [1.807, 2.05) is 6.92 Å². The first-order valence-corrected chi connectivity index (χ1v) is 9.90. The van der Waals surface area contributed by atoms with Crippen molar-refractivity contribution in [1.82, 2.24) is 14.3 Å². The summed E-state index contributed by atoms with van der Waals surface area (Å²) in [6.45, 7) is 2.76. The molecule has 3 heterocycles. The van der Waals surface area contributed by atoms with Crippen LogP contribution in [0.3, 0.4) is 0 Å². The molecule has 1 aliphatic rings. The van der Waals surface area contributed by atoms with Crippen LogP contribution in [-0.4, -0.2) is 49.3 Å². The normalized spacial score (nSPS) is 15.9. The monoisotopic (exact) mass is 404 g/mol. The van der Waals surface area contributed by atoms with Crippen LogP contribution in [0.5, 0.6) is 0 Å². The first kappa shape index (κ1) is 19.5. The van der Waals surface area contributed by atoms with Crippen LogP contribution in [-0.2, 0) is 4.79 Å². The van der Waals surface area contributed by atoms with E-state index in [1.165, 1.54) is 16.2 Å². The van der Waals surface area contributed by atoms with Crippen LogP contribution in [0.4, 0.5) is 5.82 Å². The number of carbonyl (C=O) groups excluding carboxylic acids is 1. The van der Waals surface area contributed by atoms with Crippen LogP contribution in [0.15, 0.2) is 34.1 Å². The number of aliphatic hydroxyl groups excluding tert-OH is 1. The van der Waals surface area contributed by atoms with E-state index >= 15 is 0 Å². The van der Waals surface area contributed by atoms with Gasteiger partial charge in [0.25, 0.3) is 11.5 Å². The smallest absolute Gasteiger partial charge is 0.267 e. The summed E-state index contributed by atoms with van der Waals surface area (Å²) in [5, 5.41) is 12.1. The summed E-state index contributed by atoms with van der Waals surface area (Å²) in [7, 11) is 0. The van der Waals surface area contributed by atoms with Crippen LogP contribution < -0.4 is 10.9 Å². The van der Waals surface area contributed by atoms with E-state index in [9.17, 15) is 9.59 Å². The molecule has 1 amide bonds. The Bertz CT molecular complexity index is 971. The second-order valence-electron chi connectivity index (χ2n) is 5.95. The summed E-state index contributed by atoms with van der Waals surface area (Å²) in [6.07, 6.45) is 4.99. The molecule has 2 aromatic heterocycles. The third kappa shape index (κ3) is 4.05. The zero-order chi connectivity index (χ0) is 19.4. The van der Waals surface area contributed by atoms with E-state index in [0.29, 0.717) is 27.2 Å². The number of nitrogens with one attached hydrogen (secondary N) is 1. The predicted molar refractivity (Wildman–Crippen MR) is 112 cm³/mol. The number of pyridine rings is 1. The topological polar surface area (TPSA) is 86.9 Å². The first-order chi connectivity index (χ1) is 13.1. The molecule has 0 radical (unpaired) electrons. The Morgan fingerprint density at radius 3 is 2.93 bits per heavy atom. The molecule has 142 valence electrons. The van der Waals surface area contributed by atoms with Crippen molar-refractivity contribution in [1.29, 1.82) is 0 Å². The highest BCUT2D eigenvalue weighted by Gasteiger charge is 2.32. The van der Waals surface area contributed by atoms with Gasteiger partial charge in [0, 0.05) is 19.3 Å². The van der Waals surface area contributed by atoms with Crippen molar-refractivity contribution in [2.45, 2.75) is 19.8 Å². The maximum atomic E-state index is 13.0. The minimum Gasteiger partial charge on any atom is -0.395 e. The average Bonchev–Trinajstić information content (AvgIpc) is 2.94. The average molecular weight is 405 g/mol. The second-order valence-corrected chi connectivity index (χ2v) is 7.62.